The van der Waals surface area contributed by atoms with Crippen molar-refractivity contribution >= 4 is 5.78 Å². The zero-order chi connectivity index (χ0) is 17.7. The highest BCUT2D eigenvalue weighted by Gasteiger charge is 2.75. The van der Waals surface area contributed by atoms with Crippen LogP contribution in [0.25, 0.3) is 0 Å². The molecule has 0 spiro atoms. The van der Waals surface area contributed by atoms with Gasteiger partial charge >= 0.3 is 0 Å². The number of hydrogen-bond acceptors (Lipinski definition) is 4. The fraction of sp³-hybridized carbons (Fsp3) is 0.650. The maximum absolute atomic E-state index is 13.7. The Kier molecular flexibility index (Phi) is 3.95. The summed E-state index contributed by atoms with van der Waals surface area (Å²) in [6.07, 6.45) is 6.05. The third kappa shape index (κ3) is 2.14. The highest BCUT2D eigenvalue weighted by molar-refractivity contribution is 6.00. The standard InChI is InChI=1S/C20H26N2O3/c1-19(22(24)25)17(15-9-4-2-5-10-15)16-11-8-12-20(16,18(19)23)21-13-6-3-7-14-21/h2,4-5,9-10,16-17H,3,6-8,11-14H2,1H3/t16-,17+,19+,20+/m0/s1. The van der Waals surface area contributed by atoms with Crippen molar-refractivity contribution in [3.05, 3.63) is 46.0 Å². The number of carbonyl (C=O) groups is 1. The summed E-state index contributed by atoms with van der Waals surface area (Å²) in [4.78, 5) is 27.8. The Balaban J connectivity index is 1.86. The molecule has 25 heavy (non-hydrogen) atoms. The van der Waals surface area contributed by atoms with Crippen LogP contribution in [0.4, 0.5) is 0 Å². The van der Waals surface area contributed by atoms with Crippen LogP contribution < -0.4 is 0 Å². The summed E-state index contributed by atoms with van der Waals surface area (Å²) in [5.74, 6) is -0.417. The van der Waals surface area contributed by atoms with Crippen LogP contribution >= 0.6 is 0 Å². The van der Waals surface area contributed by atoms with Gasteiger partial charge in [0.1, 0.15) is 0 Å². The Morgan fingerprint density at radius 3 is 2.44 bits per heavy atom. The van der Waals surface area contributed by atoms with Crippen LogP contribution in [0.3, 0.4) is 0 Å². The minimum Gasteiger partial charge on any atom is -0.291 e. The molecule has 0 bridgehead atoms. The van der Waals surface area contributed by atoms with Crippen LogP contribution in [0.15, 0.2) is 30.3 Å². The zero-order valence-corrected chi connectivity index (χ0v) is 14.8. The first-order valence-electron chi connectivity index (χ1n) is 9.52. The number of fused-ring (bicyclic) bond motifs is 1. The van der Waals surface area contributed by atoms with E-state index in [1.54, 1.807) is 6.92 Å². The fourth-order valence-electron chi connectivity index (χ4n) is 5.95. The van der Waals surface area contributed by atoms with Gasteiger partial charge in [-0.2, -0.15) is 0 Å². The molecule has 0 N–H and O–H groups in total. The lowest BCUT2D eigenvalue weighted by Gasteiger charge is -2.42. The first-order chi connectivity index (χ1) is 12.0. The molecule has 4 rings (SSSR count). The summed E-state index contributed by atoms with van der Waals surface area (Å²) < 4.78 is 0. The molecule has 5 heteroatoms. The number of carbonyl (C=O) groups excluding carboxylic acids is 1. The van der Waals surface area contributed by atoms with E-state index in [0.717, 1.165) is 50.8 Å². The summed E-state index contributed by atoms with van der Waals surface area (Å²) >= 11 is 0. The third-order valence-corrected chi connectivity index (χ3v) is 7.01. The van der Waals surface area contributed by atoms with E-state index in [9.17, 15) is 14.9 Å². The summed E-state index contributed by atoms with van der Waals surface area (Å²) in [5, 5.41) is 12.1. The summed E-state index contributed by atoms with van der Waals surface area (Å²) in [7, 11) is 0. The summed E-state index contributed by atoms with van der Waals surface area (Å²) in [6.45, 7) is 3.38. The zero-order valence-electron chi connectivity index (χ0n) is 14.8. The summed E-state index contributed by atoms with van der Waals surface area (Å²) in [6, 6.07) is 9.71. The molecule has 2 aliphatic carbocycles. The normalized spacial score (nSPS) is 38.7. The SMILES string of the molecule is C[C@]1([N+](=O)[O-])C(=O)[C@@]2(N3CCCCC3)CCC[C@H]2[C@H]1c1ccccc1. The second kappa shape index (κ2) is 5.90. The minimum absolute atomic E-state index is 0.0518. The van der Waals surface area contributed by atoms with Crippen molar-refractivity contribution in [2.45, 2.75) is 62.4 Å². The number of piperidine rings is 1. The molecule has 5 nitrogen and oxygen atoms in total. The summed E-state index contributed by atoms with van der Waals surface area (Å²) in [5.41, 5.74) is -1.20. The Bertz CT molecular complexity index is 685. The quantitative estimate of drug-likeness (QED) is 0.624. The Labute approximate surface area is 148 Å². The Morgan fingerprint density at radius 1 is 1.12 bits per heavy atom. The van der Waals surface area contributed by atoms with Crippen molar-refractivity contribution in [2.75, 3.05) is 13.1 Å². The molecule has 1 aliphatic heterocycles. The number of benzene rings is 1. The van der Waals surface area contributed by atoms with Gasteiger partial charge in [0.25, 0.3) is 5.54 Å². The molecular weight excluding hydrogens is 316 g/mol. The second-order valence-corrected chi connectivity index (χ2v) is 8.09. The fourth-order valence-corrected chi connectivity index (χ4v) is 5.95. The number of likely N-dealkylation sites (tertiary alicyclic amines) is 1. The molecule has 0 unspecified atom stereocenters. The number of nitrogens with zero attached hydrogens (tertiary/aromatic N) is 2. The van der Waals surface area contributed by atoms with Gasteiger partial charge in [0.2, 0.25) is 5.78 Å². The molecule has 1 aromatic carbocycles. The van der Waals surface area contributed by atoms with E-state index < -0.39 is 11.1 Å². The van der Waals surface area contributed by atoms with Crippen molar-refractivity contribution in [2.24, 2.45) is 5.92 Å². The van der Waals surface area contributed by atoms with E-state index in [2.05, 4.69) is 4.90 Å². The predicted molar refractivity (Wildman–Crippen MR) is 95.1 cm³/mol. The molecule has 0 radical (unpaired) electrons. The lowest BCUT2D eigenvalue weighted by molar-refractivity contribution is -0.550. The van der Waals surface area contributed by atoms with Crippen LogP contribution in [0.2, 0.25) is 0 Å². The van der Waals surface area contributed by atoms with Crippen molar-refractivity contribution < 1.29 is 9.72 Å². The minimum atomic E-state index is -1.52. The van der Waals surface area contributed by atoms with E-state index in [1.807, 2.05) is 30.3 Å². The van der Waals surface area contributed by atoms with Gasteiger partial charge in [-0.3, -0.25) is 19.8 Å². The van der Waals surface area contributed by atoms with Crippen molar-refractivity contribution in [3.8, 4) is 0 Å². The highest BCUT2D eigenvalue weighted by atomic mass is 16.6. The van der Waals surface area contributed by atoms with Gasteiger partial charge in [0.15, 0.2) is 0 Å². The first kappa shape index (κ1) is 16.7. The maximum atomic E-state index is 13.7. The Hall–Kier alpha value is -1.75. The van der Waals surface area contributed by atoms with Gasteiger partial charge in [0.05, 0.1) is 11.5 Å². The number of hydrogen-bond donors (Lipinski definition) is 0. The molecule has 2 saturated carbocycles. The van der Waals surface area contributed by atoms with Gasteiger partial charge in [-0.1, -0.05) is 43.2 Å². The molecule has 3 aliphatic rings. The molecule has 1 aromatic rings. The highest BCUT2D eigenvalue weighted by Crippen LogP contribution is 2.60. The van der Waals surface area contributed by atoms with Gasteiger partial charge < -0.3 is 0 Å². The third-order valence-electron chi connectivity index (χ3n) is 7.01. The van der Waals surface area contributed by atoms with Crippen LogP contribution in [-0.2, 0) is 4.79 Å². The predicted octanol–water partition coefficient (Wildman–Crippen LogP) is 3.41. The molecule has 1 heterocycles. The van der Waals surface area contributed by atoms with E-state index in [-0.39, 0.29) is 22.5 Å². The van der Waals surface area contributed by atoms with Crippen molar-refractivity contribution in [1.29, 1.82) is 0 Å². The van der Waals surface area contributed by atoms with E-state index in [1.165, 1.54) is 6.42 Å². The van der Waals surface area contributed by atoms with Crippen LogP contribution in [-0.4, -0.2) is 39.8 Å². The van der Waals surface area contributed by atoms with Gasteiger partial charge in [-0.05, 0) is 50.3 Å². The first-order valence-corrected chi connectivity index (χ1v) is 9.52. The van der Waals surface area contributed by atoms with E-state index >= 15 is 0 Å². The topological polar surface area (TPSA) is 63.5 Å². The van der Waals surface area contributed by atoms with Crippen molar-refractivity contribution in [3.63, 3.8) is 0 Å². The smallest absolute Gasteiger partial charge is 0.285 e. The number of ketones is 1. The average molecular weight is 342 g/mol. The lowest BCUT2D eigenvalue weighted by atomic mass is 9.77. The number of nitro groups is 1. The largest absolute Gasteiger partial charge is 0.291 e. The molecule has 134 valence electrons. The van der Waals surface area contributed by atoms with Crippen LogP contribution in [0, 0.1) is 16.0 Å². The average Bonchev–Trinajstić information content (AvgIpc) is 3.14. The van der Waals surface area contributed by atoms with Crippen LogP contribution in [0.5, 0.6) is 0 Å². The molecule has 0 amide bonds. The number of rotatable bonds is 3. The molecule has 1 saturated heterocycles. The van der Waals surface area contributed by atoms with E-state index in [4.69, 9.17) is 0 Å². The number of Topliss-reactive ketones (excluding diaryl/α,β-unsaturated/α-hetero) is 1. The van der Waals surface area contributed by atoms with Gasteiger partial charge in [-0.15, -0.1) is 0 Å². The van der Waals surface area contributed by atoms with Gasteiger partial charge in [-0.25, -0.2) is 0 Å². The molecule has 4 atom stereocenters. The van der Waals surface area contributed by atoms with E-state index in [0.29, 0.717) is 0 Å². The lowest BCUT2D eigenvalue weighted by Crippen LogP contribution is -2.59. The van der Waals surface area contributed by atoms with Gasteiger partial charge in [0, 0.05) is 11.8 Å². The van der Waals surface area contributed by atoms with Crippen LogP contribution in [0.1, 0.15) is 56.9 Å². The second-order valence-electron chi connectivity index (χ2n) is 8.09. The monoisotopic (exact) mass is 342 g/mol. The maximum Gasteiger partial charge on any atom is 0.285 e. The molecule has 0 aromatic heterocycles. The molecular formula is C20H26N2O3. The van der Waals surface area contributed by atoms with Crippen molar-refractivity contribution in [1.82, 2.24) is 4.90 Å². The Morgan fingerprint density at radius 2 is 1.80 bits per heavy atom. The molecule has 3 fully saturated rings.